The summed E-state index contributed by atoms with van der Waals surface area (Å²) >= 11 is 0. The molecule has 2 aliphatic heterocycles. The molecule has 2 aromatic rings. The topological polar surface area (TPSA) is 118 Å². The number of aliphatic hydroxyl groups is 1. The number of carbonyl (C=O) groups is 1. The van der Waals surface area contributed by atoms with E-state index >= 15 is 0 Å². The van der Waals surface area contributed by atoms with Crippen molar-refractivity contribution < 1.29 is 23.1 Å². The highest BCUT2D eigenvalue weighted by molar-refractivity contribution is 7.89. The van der Waals surface area contributed by atoms with Crippen LogP contribution in [0, 0.1) is 18.8 Å². The number of sulfonamides is 1. The van der Waals surface area contributed by atoms with Gasteiger partial charge < -0.3 is 19.7 Å². The Morgan fingerprint density at radius 3 is 2.66 bits per heavy atom. The number of carbonyl (C=O) groups excluding carboxylic acids is 1. The maximum atomic E-state index is 13.9. The Bertz CT molecular complexity index is 1180. The van der Waals surface area contributed by atoms with E-state index in [1.807, 2.05) is 0 Å². The van der Waals surface area contributed by atoms with Gasteiger partial charge in [-0.25, -0.2) is 8.42 Å². The van der Waals surface area contributed by atoms with Crippen molar-refractivity contribution in [2.45, 2.75) is 30.4 Å². The van der Waals surface area contributed by atoms with Crippen molar-refractivity contribution in [1.82, 2.24) is 14.2 Å². The minimum absolute atomic E-state index is 0.0731. The monoisotopic (exact) mass is 461 g/mol. The van der Waals surface area contributed by atoms with Crippen LogP contribution < -0.4 is 10.9 Å². The van der Waals surface area contributed by atoms with E-state index in [-0.39, 0.29) is 36.1 Å². The fourth-order valence-corrected chi connectivity index (χ4v) is 7.06. The quantitative estimate of drug-likeness (QED) is 0.572. The number of rotatable bonds is 7. The summed E-state index contributed by atoms with van der Waals surface area (Å²) in [6, 6.07) is 9.69. The van der Waals surface area contributed by atoms with Gasteiger partial charge in [-0.15, -0.1) is 0 Å². The van der Waals surface area contributed by atoms with Crippen LogP contribution in [0.1, 0.15) is 17.3 Å². The number of hydrogen-bond acceptors (Lipinski definition) is 6. The normalized spacial score (nSPS) is 24.8. The predicted molar refractivity (Wildman–Crippen MR) is 116 cm³/mol. The Morgan fingerprint density at radius 2 is 1.97 bits per heavy atom. The lowest BCUT2D eigenvalue weighted by Crippen LogP contribution is -2.49. The van der Waals surface area contributed by atoms with E-state index in [4.69, 9.17) is 4.74 Å². The molecule has 1 aromatic carbocycles. The minimum Gasteiger partial charge on any atom is -0.396 e. The van der Waals surface area contributed by atoms with Gasteiger partial charge in [-0.3, -0.25) is 9.59 Å². The largest absolute Gasteiger partial charge is 0.396 e. The van der Waals surface area contributed by atoms with Crippen molar-refractivity contribution in [2.75, 3.05) is 26.9 Å². The van der Waals surface area contributed by atoms with Crippen molar-refractivity contribution in [2.24, 2.45) is 11.8 Å². The fourth-order valence-electron chi connectivity index (χ4n) is 4.99. The van der Waals surface area contributed by atoms with Gasteiger partial charge in [0.15, 0.2) is 0 Å². The van der Waals surface area contributed by atoms with E-state index in [0.717, 1.165) is 0 Å². The molecule has 0 radical (unpaired) electrons. The Balaban J connectivity index is 1.87. The van der Waals surface area contributed by atoms with Crippen LogP contribution in [0.15, 0.2) is 52.2 Å². The molecule has 0 unspecified atom stereocenters. The van der Waals surface area contributed by atoms with Gasteiger partial charge in [0, 0.05) is 50.5 Å². The van der Waals surface area contributed by atoms with Crippen LogP contribution in [0.25, 0.3) is 0 Å². The first kappa shape index (κ1) is 22.7. The molecular formula is C22H27N3O6S. The molecule has 1 fully saturated rings. The van der Waals surface area contributed by atoms with Crippen LogP contribution in [-0.4, -0.2) is 61.2 Å². The Labute approximate surface area is 186 Å². The number of amides is 1. The molecule has 4 rings (SSSR count). The minimum atomic E-state index is -4.02. The molecule has 2 bridgehead atoms. The molecule has 1 aromatic heterocycles. The summed E-state index contributed by atoms with van der Waals surface area (Å²) in [5, 5.41) is 13.0. The highest BCUT2D eigenvalue weighted by Crippen LogP contribution is 2.50. The average Bonchev–Trinajstić information content (AvgIpc) is 3.02. The standard InChI is InChI=1S/C22H27N3O6S/c1-14-6-3-4-8-18(14)32(29,30)25-17-12-24-16(7-5-9-19(24)27)21(25)20(15(17)13-26)22(28)23-10-11-31-2/h3-9,15,17,20-21,26H,10-13H2,1-2H3,(H,23,28)/t15-,17-,20+,21+/m0/s1. The van der Waals surface area contributed by atoms with Gasteiger partial charge in [0.1, 0.15) is 0 Å². The molecule has 2 aliphatic rings. The van der Waals surface area contributed by atoms with Crippen LogP contribution in [0.4, 0.5) is 0 Å². The lowest BCUT2D eigenvalue weighted by Gasteiger charge is -2.37. The number of nitrogens with zero attached hydrogens (tertiary/aromatic N) is 2. The number of pyridine rings is 1. The summed E-state index contributed by atoms with van der Waals surface area (Å²) in [6.07, 6.45) is 0. The number of ether oxygens (including phenoxy) is 1. The molecule has 2 N–H and O–H groups in total. The molecule has 0 aliphatic carbocycles. The molecule has 32 heavy (non-hydrogen) atoms. The van der Waals surface area contributed by atoms with E-state index < -0.39 is 33.9 Å². The zero-order chi connectivity index (χ0) is 23.0. The highest BCUT2D eigenvalue weighted by atomic mass is 32.2. The lowest BCUT2D eigenvalue weighted by molar-refractivity contribution is -0.127. The van der Waals surface area contributed by atoms with Crippen molar-refractivity contribution in [3.63, 3.8) is 0 Å². The Morgan fingerprint density at radius 1 is 1.22 bits per heavy atom. The molecule has 172 valence electrons. The van der Waals surface area contributed by atoms with Crippen molar-refractivity contribution in [3.8, 4) is 0 Å². The van der Waals surface area contributed by atoms with Crippen molar-refractivity contribution in [1.29, 1.82) is 0 Å². The van der Waals surface area contributed by atoms with E-state index in [2.05, 4.69) is 5.32 Å². The second kappa shape index (κ2) is 8.78. The van der Waals surface area contributed by atoms with Gasteiger partial charge in [0.05, 0.1) is 23.5 Å². The number of aryl methyl sites for hydroxylation is 1. The number of fused-ring (bicyclic) bond motifs is 4. The van der Waals surface area contributed by atoms with Crippen LogP contribution in [0.5, 0.6) is 0 Å². The smallest absolute Gasteiger partial charge is 0.250 e. The molecule has 9 nitrogen and oxygen atoms in total. The highest BCUT2D eigenvalue weighted by Gasteiger charge is 2.59. The maximum absolute atomic E-state index is 13.9. The van der Waals surface area contributed by atoms with Gasteiger partial charge in [0.25, 0.3) is 5.56 Å². The summed E-state index contributed by atoms with van der Waals surface area (Å²) in [5.74, 6) is -1.89. The summed E-state index contributed by atoms with van der Waals surface area (Å²) < 4.78 is 35.6. The van der Waals surface area contributed by atoms with Crippen molar-refractivity contribution >= 4 is 15.9 Å². The number of benzene rings is 1. The zero-order valence-electron chi connectivity index (χ0n) is 18.0. The summed E-state index contributed by atoms with van der Waals surface area (Å²) in [5.41, 5.74) is 0.779. The summed E-state index contributed by atoms with van der Waals surface area (Å²) in [6.45, 7) is 1.97. The number of methoxy groups -OCH3 is 1. The molecule has 0 spiro atoms. The first-order valence-corrected chi connectivity index (χ1v) is 11.9. The number of aromatic nitrogens is 1. The maximum Gasteiger partial charge on any atom is 0.250 e. The average molecular weight is 462 g/mol. The van der Waals surface area contributed by atoms with E-state index in [1.165, 1.54) is 22.0 Å². The van der Waals surface area contributed by atoms with E-state index in [9.17, 15) is 23.1 Å². The third kappa shape index (κ3) is 3.57. The van der Waals surface area contributed by atoms with Gasteiger partial charge >= 0.3 is 0 Å². The molecule has 1 amide bonds. The van der Waals surface area contributed by atoms with Gasteiger partial charge in [-0.05, 0) is 24.6 Å². The van der Waals surface area contributed by atoms with Gasteiger partial charge in [-0.1, -0.05) is 24.3 Å². The van der Waals surface area contributed by atoms with Crippen LogP contribution >= 0.6 is 0 Å². The van der Waals surface area contributed by atoms with Crippen LogP contribution in [0.3, 0.4) is 0 Å². The molecule has 4 atom stereocenters. The van der Waals surface area contributed by atoms with Crippen LogP contribution in [0.2, 0.25) is 0 Å². The number of hydrogen-bond donors (Lipinski definition) is 2. The second-order valence-electron chi connectivity index (χ2n) is 8.17. The SMILES string of the molecule is COCCNC(=O)[C@@H]1[C@@H](CO)[C@@H]2Cn3c(cccc3=O)[C@H]1N2S(=O)(=O)c1ccccc1C. The van der Waals surface area contributed by atoms with Crippen molar-refractivity contribution in [3.05, 3.63) is 64.1 Å². The zero-order valence-corrected chi connectivity index (χ0v) is 18.8. The Hall–Kier alpha value is -2.53. The van der Waals surface area contributed by atoms with E-state index in [0.29, 0.717) is 17.9 Å². The summed E-state index contributed by atoms with van der Waals surface area (Å²) in [4.78, 5) is 25.9. The molecule has 10 heteroatoms. The first-order valence-electron chi connectivity index (χ1n) is 10.5. The number of nitrogens with one attached hydrogen (secondary N) is 1. The first-order chi connectivity index (χ1) is 15.3. The lowest BCUT2D eigenvalue weighted by atomic mass is 9.86. The van der Waals surface area contributed by atoms with E-state index in [1.54, 1.807) is 43.3 Å². The van der Waals surface area contributed by atoms with Crippen LogP contribution in [-0.2, 0) is 26.1 Å². The predicted octanol–water partition coefficient (Wildman–Crippen LogP) is 0.272. The fraction of sp³-hybridized carbons (Fsp3) is 0.455. The molecule has 1 saturated heterocycles. The molecular weight excluding hydrogens is 434 g/mol. The molecule has 0 saturated carbocycles. The summed E-state index contributed by atoms with van der Waals surface area (Å²) in [7, 11) is -2.50. The Kier molecular flexibility index (Phi) is 6.22. The number of aliphatic hydroxyl groups excluding tert-OH is 1. The van der Waals surface area contributed by atoms with Gasteiger partial charge in [-0.2, -0.15) is 4.31 Å². The third-order valence-electron chi connectivity index (χ3n) is 6.42. The second-order valence-corrected chi connectivity index (χ2v) is 9.98. The third-order valence-corrected chi connectivity index (χ3v) is 8.49. The molecule has 3 heterocycles. The van der Waals surface area contributed by atoms with Gasteiger partial charge in [0.2, 0.25) is 15.9 Å².